The zero-order valence-electron chi connectivity index (χ0n) is 18.5. The molecular formula is C25H20Cl2N4O3S. The van der Waals surface area contributed by atoms with Crippen molar-refractivity contribution in [2.24, 2.45) is 0 Å². The molecule has 1 aromatic heterocycles. The monoisotopic (exact) mass is 526 g/mol. The number of aromatic nitrogens is 2. The number of amides is 2. The molecule has 0 aliphatic carbocycles. The number of carbonyl (C=O) groups excluding carboxylic acids is 2. The van der Waals surface area contributed by atoms with E-state index in [9.17, 15) is 9.59 Å². The summed E-state index contributed by atoms with van der Waals surface area (Å²) >= 11 is 13.3. The summed E-state index contributed by atoms with van der Waals surface area (Å²) in [7, 11) is 1.59. The number of ether oxygens (including phenoxy) is 1. The molecular weight excluding hydrogens is 507 g/mol. The highest BCUT2D eigenvalue weighted by Crippen LogP contribution is 2.29. The molecule has 10 heteroatoms. The van der Waals surface area contributed by atoms with Crippen molar-refractivity contribution in [3.05, 3.63) is 94.0 Å². The maximum atomic E-state index is 13.2. The van der Waals surface area contributed by atoms with Gasteiger partial charge in [0, 0.05) is 27.6 Å². The Bertz CT molecular complexity index is 1330. The fourth-order valence-electron chi connectivity index (χ4n) is 3.32. The van der Waals surface area contributed by atoms with Crippen LogP contribution in [0.2, 0.25) is 10.0 Å². The smallest absolute Gasteiger partial charge is 0.252 e. The summed E-state index contributed by atoms with van der Waals surface area (Å²) in [6.45, 7) is 0. The molecule has 0 aliphatic rings. The summed E-state index contributed by atoms with van der Waals surface area (Å²) in [6, 6.07) is 20.4. The predicted molar refractivity (Wildman–Crippen MR) is 138 cm³/mol. The van der Waals surface area contributed by atoms with E-state index in [4.69, 9.17) is 27.9 Å². The van der Waals surface area contributed by atoms with Crippen LogP contribution in [0.3, 0.4) is 0 Å². The number of benzene rings is 3. The number of hydrogen-bond acceptors (Lipinski definition) is 6. The third-order valence-corrected chi connectivity index (χ3v) is 6.33. The van der Waals surface area contributed by atoms with Gasteiger partial charge in [-0.15, -0.1) is 10.2 Å². The zero-order valence-corrected chi connectivity index (χ0v) is 20.8. The lowest BCUT2D eigenvalue weighted by atomic mass is 10.0. The molecule has 0 saturated carbocycles. The lowest BCUT2D eigenvalue weighted by Crippen LogP contribution is -2.45. The molecule has 2 N–H and O–H groups in total. The third kappa shape index (κ3) is 6.57. The van der Waals surface area contributed by atoms with Crippen LogP contribution in [0.4, 0.5) is 5.13 Å². The standard InChI is InChI=1S/C25H20Cl2N4O3S/c1-34-20-9-5-8-16(13-20)24-30-31-25(35-24)29-23(33)21(10-15-6-3-2-4-7-15)28-22(32)17-11-18(26)14-19(27)12-17/h2-9,11-14,21H,10H2,1H3,(H,28,32)(H,29,31,33). The fourth-order valence-corrected chi connectivity index (χ4v) is 4.59. The second kappa shape index (κ2) is 11.3. The molecule has 0 spiro atoms. The summed E-state index contributed by atoms with van der Waals surface area (Å²) in [6.07, 6.45) is 0.272. The SMILES string of the molecule is COc1cccc(-c2nnc(NC(=O)C(Cc3ccccc3)NC(=O)c3cc(Cl)cc(Cl)c3)s2)c1. The molecule has 1 heterocycles. The summed E-state index contributed by atoms with van der Waals surface area (Å²) < 4.78 is 5.25. The Morgan fingerprint density at radius 3 is 2.43 bits per heavy atom. The fraction of sp³-hybridized carbons (Fsp3) is 0.120. The van der Waals surface area contributed by atoms with Crippen molar-refractivity contribution in [2.75, 3.05) is 12.4 Å². The van der Waals surface area contributed by atoms with E-state index in [0.29, 0.717) is 25.9 Å². The topological polar surface area (TPSA) is 93.2 Å². The van der Waals surface area contributed by atoms with Gasteiger partial charge in [0.2, 0.25) is 11.0 Å². The number of anilines is 1. The van der Waals surface area contributed by atoms with Crippen LogP contribution in [-0.4, -0.2) is 35.2 Å². The van der Waals surface area contributed by atoms with Gasteiger partial charge in [-0.1, -0.05) is 77.0 Å². The van der Waals surface area contributed by atoms with Gasteiger partial charge >= 0.3 is 0 Å². The Morgan fingerprint density at radius 1 is 0.971 bits per heavy atom. The highest BCUT2D eigenvalue weighted by Gasteiger charge is 2.24. The number of methoxy groups -OCH3 is 1. The van der Waals surface area contributed by atoms with Crippen molar-refractivity contribution in [1.29, 1.82) is 0 Å². The number of halogens is 2. The van der Waals surface area contributed by atoms with E-state index in [1.165, 1.54) is 29.5 Å². The average molecular weight is 527 g/mol. The third-order valence-electron chi connectivity index (χ3n) is 5.00. The summed E-state index contributed by atoms with van der Waals surface area (Å²) in [5.74, 6) is -0.210. The van der Waals surface area contributed by atoms with Crippen LogP contribution in [0.1, 0.15) is 15.9 Å². The second-order valence-corrected chi connectivity index (χ2v) is 9.36. The maximum Gasteiger partial charge on any atom is 0.252 e. The largest absolute Gasteiger partial charge is 0.497 e. The molecule has 3 aromatic carbocycles. The van der Waals surface area contributed by atoms with Crippen LogP contribution in [-0.2, 0) is 11.2 Å². The Balaban J connectivity index is 1.53. The minimum Gasteiger partial charge on any atom is -0.497 e. The van der Waals surface area contributed by atoms with E-state index >= 15 is 0 Å². The number of nitrogens with zero attached hydrogens (tertiary/aromatic N) is 2. The van der Waals surface area contributed by atoms with Gasteiger partial charge in [-0.25, -0.2) is 0 Å². The van der Waals surface area contributed by atoms with Crippen molar-refractivity contribution >= 4 is 51.5 Å². The lowest BCUT2D eigenvalue weighted by molar-refractivity contribution is -0.118. The molecule has 7 nitrogen and oxygen atoms in total. The van der Waals surface area contributed by atoms with E-state index in [1.807, 2.05) is 54.6 Å². The Labute approximate surface area is 216 Å². The molecule has 178 valence electrons. The van der Waals surface area contributed by atoms with Gasteiger partial charge in [-0.05, 0) is 35.9 Å². The van der Waals surface area contributed by atoms with Crippen LogP contribution in [0, 0.1) is 0 Å². The quantitative estimate of drug-likeness (QED) is 0.316. The van der Waals surface area contributed by atoms with Crippen LogP contribution in [0.5, 0.6) is 5.75 Å². The van der Waals surface area contributed by atoms with E-state index in [-0.39, 0.29) is 12.0 Å². The molecule has 4 aromatic rings. The lowest BCUT2D eigenvalue weighted by Gasteiger charge is -2.18. The van der Waals surface area contributed by atoms with Crippen molar-refractivity contribution in [1.82, 2.24) is 15.5 Å². The zero-order chi connectivity index (χ0) is 24.8. The van der Waals surface area contributed by atoms with Crippen LogP contribution >= 0.6 is 34.5 Å². The normalized spacial score (nSPS) is 11.5. The molecule has 35 heavy (non-hydrogen) atoms. The van der Waals surface area contributed by atoms with Gasteiger partial charge in [0.05, 0.1) is 7.11 Å². The van der Waals surface area contributed by atoms with Crippen LogP contribution in [0.25, 0.3) is 10.6 Å². The molecule has 0 bridgehead atoms. The minimum atomic E-state index is -0.883. The first-order valence-corrected chi connectivity index (χ1v) is 12.1. The van der Waals surface area contributed by atoms with Crippen LogP contribution < -0.4 is 15.4 Å². The molecule has 1 atom stereocenters. The molecule has 2 amide bonds. The first-order valence-electron chi connectivity index (χ1n) is 10.5. The number of rotatable bonds is 8. The summed E-state index contributed by atoms with van der Waals surface area (Å²) in [5, 5.41) is 15.4. The molecule has 0 radical (unpaired) electrons. The van der Waals surface area contributed by atoms with Crippen molar-refractivity contribution in [3.8, 4) is 16.3 Å². The van der Waals surface area contributed by atoms with Crippen molar-refractivity contribution in [2.45, 2.75) is 12.5 Å². The van der Waals surface area contributed by atoms with Gasteiger partial charge in [0.15, 0.2) is 0 Å². The Kier molecular flexibility index (Phi) is 7.97. The summed E-state index contributed by atoms with van der Waals surface area (Å²) in [4.78, 5) is 26.1. The van der Waals surface area contributed by atoms with Crippen molar-refractivity contribution < 1.29 is 14.3 Å². The average Bonchev–Trinajstić information content (AvgIpc) is 3.32. The Hall–Kier alpha value is -3.46. The highest BCUT2D eigenvalue weighted by molar-refractivity contribution is 7.18. The van der Waals surface area contributed by atoms with E-state index in [1.54, 1.807) is 7.11 Å². The van der Waals surface area contributed by atoms with Crippen molar-refractivity contribution in [3.63, 3.8) is 0 Å². The van der Waals surface area contributed by atoms with Gasteiger partial charge < -0.3 is 10.1 Å². The first-order chi connectivity index (χ1) is 16.9. The van der Waals surface area contributed by atoms with Crippen LogP contribution in [0.15, 0.2) is 72.8 Å². The molecule has 1 unspecified atom stereocenters. The highest BCUT2D eigenvalue weighted by atomic mass is 35.5. The Morgan fingerprint density at radius 2 is 1.71 bits per heavy atom. The molecule has 4 rings (SSSR count). The molecule has 0 aliphatic heterocycles. The second-order valence-electron chi connectivity index (χ2n) is 7.51. The van der Waals surface area contributed by atoms with Gasteiger partial charge in [-0.3, -0.25) is 14.9 Å². The van der Waals surface area contributed by atoms with E-state index in [0.717, 1.165) is 11.1 Å². The predicted octanol–water partition coefficient (Wildman–Crippen LogP) is 5.50. The van der Waals surface area contributed by atoms with Gasteiger partial charge in [0.25, 0.3) is 5.91 Å². The number of carbonyl (C=O) groups is 2. The first kappa shape index (κ1) is 24.7. The summed E-state index contributed by atoms with van der Waals surface area (Å²) in [5.41, 5.74) is 1.95. The van der Waals surface area contributed by atoms with E-state index < -0.39 is 17.9 Å². The molecule has 0 fully saturated rings. The minimum absolute atomic E-state index is 0.254. The van der Waals surface area contributed by atoms with Gasteiger partial charge in [-0.2, -0.15) is 0 Å². The van der Waals surface area contributed by atoms with Gasteiger partial charge in [0.1, 0.15) is 16.8 Å². The van der Waals surface area contributed by atoms with E-state index in [2.05, 4.69) is 20.8 Å². The molecule has 0 saturated heterocycles. The maximum absolute atomic E-state index is 13.2. The number of nitrogens with one attached hydrogen (secondary N) is 2. The number of hydrogen-bond donors (Lipinski definition) is 2.